The van der Waals surface area contributed by atoms with Gasteiger partial charge >= 0.3 is 12.2 Å². The predicted octanol–water partition coefficient (Wildman–Crippen LogP) is 5.36. The van der Waals surface area contributed by atoms with E-state index in [4.69, 9.17) is 46.4 Å². The van der Waals surface area contributed by atoms with Crippen molar-refractivity contribution in [3.63, 3.8) is 0 Å². The third kappa shape index (κ3) is 10.4. The van der Waals surface area contributed by atoms with Crippen LogP contribution in [0.4, 0.5) is 17.6 Å². The molecule has 0 heterocycles. The van der Waals surface area contributed by atoms with Crippen LogP contribution in [0.5, 0.6) is 0 Å². The zero-order chi connectivity index (χ0) is 13.7. The summed E-state index contributed by atoms with van der Waals surface area (Å²) in [5.41, 5.74) is 0. The number of alkyl halides is 8. The largest absolute Gasteiger partial charge is 0.360 e. The lowest BCUT2D eigenvalue weighted by atomic mass is 10.3. The van der Waals surface area contributed by atoms with Crippen LogP contribution < -0.4 is 0 Å². The molecule has 0 amide bonds. The summed E-state index contributed by atoms with van der Waals surface area (Å²) in [5.74, 6) is 0. The van der Waals surface area contributed by atoms with E-state index in [9.17, 15) is 17.6 Å². The zero-order valence-electron chi connectivity index (χ0n) is 8.42. The van der Waals surface area contributed by atoms with Gasteiger partial charge in [0.1, 0.15) is 9.67 Å². The third-order valence-electron chi connectivity index (χ3n) is 1.61. The highest BCUT2D eigenvalue weighted by Crippen LogP contribution is 2.35. The summed E-state index contributed by atoms with van der Waals surface area (Å²) in [4.78, 5) is -2.12. The molecular weight excluding hydrogens is 330 g/mol. The molecule has 104 valence electrons. The minimum Gasteiger partial charge on any atom is -0.255 e. The Morgan fingerprint density at radius 1 is 0.765 bits per heavy atom. The molecule has 0 unspecified atom stereocenters. The topological polar surface area (TPSA) is 9.23 Å². The van der Waals surface area contributed by atoms with Crippen molar-refractivity contribution >= 4 is 46.4 Å². The normalized spacial score (nSPS) is 13.8. The van der Waals surface area contributed by atoms with Gasteiger partial charge in [-0.1, -0.05) is 0 Å². The first kappa shape index (κ1) is 17.8. The van der Waals surface area contributed by atoms with E-state index in [0.29, 0.717) is 0 Å². The third-order valence-corrected chi connectivity index (χ3v) is 2.48. The molecule has 0 aliphatic rings. The first-order chi connectivity index (χ1) is 7.54. The lowest BCUT2D eigenvalue weighted by molar-refractivity contribution is -0.378. The molecule has 0 spiro atoms. The first-order valence-corrected chi connectivity index (χ1v) is 6.31. The van der Waals surface area contributed by atoms with E-state index in [-0.39, 0.29) is 12.8 Å². The molecule has 9 heteroatoms. The van der Waals surface area contributed by atoms with E-state index in [2.05, 4.69) is 4.74 Å². The number of rotatable bonds is 8. The van der Waals surface area contributed by atoms with Crippen LogP contribution in [0.15, 0.2) is 0 Å². The van der Waals surface area contributed by atoms with Crippen molar-refractivity contribution < 1.29 is 22.3 Å². The lowest BCUT2D eigenvalue weighted by Gasteiger charge is -2.24. The Morgan fingerprint density at radius 3 is 1.29 bits per heavy atom. The Bertz CT molecular complexity index is 204. The predicted molar refractivity (Wildman–Crippen MR) is 60.4 cm³/mol. The number of ether oxygens (including phenoxy) is 1. The summed E-state index contributed by atoms with van der Waals surface area (Å²) in [6.07, 6.45) is -10.7. The molecule has 0 aromatic heterocycles. The first-order valence-electron chi connectivity index (χ1n) is 4.56. The van der Waals surface area contributed by atoms with E-state index in [1.54, 1.807) is 0 Å². The van der Waals surface area contributed by atoms with Gasteiger partial charge in [0.25, 0.3) is 0 Å². The quantitative estimate of drug-likeness (QED) is 0.427. The van der Waals surface area contributed by atoms with Crippen molar-refractivity contribution in [2.24, 2.45) is 0 Å². The van der Waals surface area contributed by atoms with Crippen molar-refractivity contribution in [3.05, 3.63) is 0 Å². The lowest BCUT2D eigenvalue weighted by Crippen LogP contribution is -2.33. The highest BCUT2D eigenvalue weighted by atomic mass is 35.5. The van der Waals surface area contributed by atoms with Crippen molar-refractivity contribution in [2.75, 3.05) is 0 Å². The molecule has 0 rings (SSSR count). The van der Waals surface area contributed by atoms with Gasteiger partial charge in [-0.3, -0.25) is 4.74 Å². The zero-order valence-corrected chi connectivity index (χ0v) is 11.4. The number of halogens is 8. The maximum Gasteiger partial charge on any atom is 0.360 e. The van der Waals surface area contributed by atoms with Gasteiger partial charge in [0.05, 0.1) is 0 Å². The van der Waals surface area contributed by atoms with E-state index < -0.39 is 34.7 Å². The molecule has 0 aromatic carbocycles. The van der Waals surface area contributed by atoms with Crippen molar-refractivity contribution in [1.29, 1.82) is 0 Å². The summed E-state index contributed by atoms with van der Waals surface area (Å²) in [7, 11) is 0. The van der Waals surface area contributed by atoms with Gasteiger partial charge in [-0.15, -0.1) is 46.4 Å². The molecule has 17 heavy (non-hydrogen) atoms. The van der Waals surface area contributed by atoms with Crippen LogP contribution in [-0.4, -0.2) is 21.9 Å². The van der Waals surface area contributed by atoms with Gasteiger partial charge in [-0.05, 0) is 12.8 Å². The Labute approximate surface area is 116 Å². The highest BCUT2D eigenvalue weighted by Gasteiger charge is 2.43. The summed E-state index contributed by atoms with van der Waals surface area (Å²) in [5, 5.41) is 0. The second-order valence-corrected chi connectivity index (χ2v) is 5.79. The molecule has 0 saturated carbocycles. The van der Waals surface area contributed by atoms with E-state index in [0.717, 1.165) is 0 Å². The summed E-state index contributed by atoms with van der Waals surface area (Å²) >= 11 is 20.8. The maximum absolute atomic E-state index is 12.9. The average Bonchev–Trinajstić information content (AvgIpc) is 2.10. The highest BCUT2D eigenvalue weighted by molar-refractivity contribution is 6.44. The average molecular weight is 340 g/mol. The summed E-state index contributed by atoms with van der Waals surface area (Å²) in [6, 6.07) is 0. The molecule has 0 aliphatic heterocycles. The van der Waals surface area contributed by atoms with Crippen LogP contribution >= 0.6 is 46.4 Å². The van der Waals surface area contributed by atoms with Crippen LogP contribution in [0.1, 0.15) is 25.7 Å². The fourth-order valence-corrected chi connectivity index (χ4v) is 1.31. The SMILES string of the molecule is FC(F)(CCC(Cl)Cl)OC(F)(F)CCC(Cl)Cl. The monoisotopic (exact) mass is 338 g/mol. The molecule has 0 aliphatic carbocycles. The Kier molecular flexibility index (Phi) is 7.80. The van der Waals surface area contributed by atoms with E-state index in [1.807, 2.05) is 0 Å². The van der Waals surface area contributed by atoms with E-state index in [1.165, 1.54) is 0 Å². The molecule has 0 N–H and O–H groups in total. The second-order valence-electron chi connectivity index (χ2n) is 3.24. The minimum absolute atomic E-state index is 0.361. The molecule has 0 fully saturated rings. The molecule has 0 saturated heterocycles. The molecular formula is C8H10Cl4F4O. The van der Waals surface area contributed by atoms with Crippen LogP contribution in [0.3, 0.4) is 0 Å². The molecule has 0 radical (unpaired) electrons. The van der Waals surface area contributed by atoms with Gasteiger partial charge in [-0.2, -0.15) is 17.6 Å². The van der Waals surface area contributed by atoms with Gasteiger partial charge in [0.2, 0.25) is 0 Å². The van der Waals surface area contributed by atoms with Gasteiger partial charge < -0.3 is 0 Å². The number of hydrogen-bond acceptors (Lipinski definition) is 1. The standard InChI is InChI=1S/C8H10Cl4F4O/c9-5(10)1-3-7(13,14)17-8(15,16)4-2-6(11)12/h5-6H,1-4H2. The van der Waals surface area contributed by atoms with Crippen LogP contribution in [-0.2, 0) is 4.74 Å². The minimum atomic E-state index is -4.00. The van der Waals surface area contributed by atoms with Crippen molar-refractivity contribution in [2.45, 2.75) is 47.6 Å². The second kappa shape index (κ2) is 7.43. The maximum atomic E-state index is 12.9. The molecule has 0 aromatic rings. The van der Waals surface area contributed by atoms with E-state index >= 15 is 0 Å². The Hall–Kier alpha value is 0.840. The molecule has 0 bridgehead atoms. The number of hydrogen-bond donors (Lipinski definition) is 0. The van der Waals surface area contributed by atoms with Gasteiger partial charge in [-0.25, -0.2) is 0 Å². The fourth-order valence-electron chi connectivity index (χ4n) is 0.875. The smallest absolute Gasteiger partial charge is 0.255 e. The fraction of sp³-hybridized carbons (Fsp3) is 1.00. The molecule has 0 atom stereocenters. The Balaban J connectivity index is 4.17. The van der Waals surface area contributed by atoms with Crippen LogP contribution in [0.2, 0.25) is 0 Å². The molecule has 1 nitrogen and oxygen atoms in total. The van der Waals surface area contributed by atoms with Crippen LogP contribution in [0, 0.1) is 0 Å². The summed E-state index contributed by atoms with van der Waals surface area (Å²) in [6.45, 7) is 0. The van der Waals surface area contributed by atoms with Gasteiger partial charge in [0, 0.05) is 12.8 Å². The van der Waals surface area contributed by atoms with Crippen molar-refractivity contribution in [3.8, 4) is 0 Å². The van der Waals surface area contributed by atoms with Gasteiger partial charge in [0.15, 0.2) is 0 Å². The Morgan fingerprint density at radius 2 is 1.06 bits per heavy atom. The summed E-state index contributed by atoms with van der Waals surface area (Å²) < 4.78 is 55.1. The van der Waals surface area contributed by atoms with Crippen LogP contribution in [0.25, 0.3) is 0 Å². The van der Waals surface area contributed by atoms with Crippen molar-refractivity contribution in [1.82, 2.24) is 0 Å².